The predicted molar refractivity (Wildman–Crippen MR) is 106 cm³/mol. The molecule has 2 heterocycles. The quantitative estimate of drug-likeness (QED) is 0.886. The zero-order chi connectivity index (χ0) is 19.9. The fourth-order valence-corrected chi connectivity index (χ4v) is 4.27. The Bertz CT molecular complexity index is 909. The number of fused-ring (bicyclic) bond motifs is 2. The molecule has 4 rings (SSSR count). The maximum atomic E-state index is 13.0. The van der Waals surface area contributed by atoms with E-state index in [1.807, 2.05) is 55.4 Å². The van der Waals surface area contributed by atoms with Crippen molar-refractivity contribution in [1.82, 2.24) is 4.90 Å². The lowest BCUT2D eigenvalue weighted by molar-refractivity contribution is -0.150. The Labute approximate surface area is 164 Å². The molecule has 1 fully saturated rings. The fraction of sp³-hybridized carbons (Fsp3) is 0.364. The normalized spacial score (nSPS) is 23.2. The van der Waals surface area contributed by atoms with E-state index < -0.39 is 11.4 Å². The molecular formula is C22H24N2O4. The fourth-order valence-electron chi connectivity index (χ4n) is 4.27. The molecule has 0 unspecified atom stereocenters. The second kappa shape index (κ2) is 6.86. The summed E-state index contributed by atoms with van der Waals surface area (Å²) < 4.78 is 5.91. The molecule has 146 valence electrons. The second-order valence-corrected chi connectivity index (χ2v) is 7.88. The topological polar surface area (TPSA) is 70.1 Å². The Balaban J connectivity index is 1.61. The summed E-state index contributed by atoms with van der Waals surface area (Å²) in [5.41, 5.74) is 1.45. The van der Waals surface area contributed by atoms with Gasteiger partial charge in [0.25, 0.3) is 5.91 Å². The van der Waals surface area contributed by atoms with Crippen LogP contribution < -0.4 is 9.64 Å². The highest BCUT2D eigenvalue weighted by atomic mass is 16.5. The predicted octanol–water partition coefficient (Wildman–Crippen LogP) is 2.53. The van der Waals surface area contributed by atoms with Gasteiger partial charge in [-0.05, 0) is 42.3 Å². The molecule has 0 radical (unpaired) electrons. The molecule has 0 aliphatic carbocycles. The maximum Gasteiger partial charge on any atom is 0.312 e. The minimum atomic E-state index is -1.02. The lowest BCUT2D eigenvalue weighted by Crippen LogP contribution is -2.42. The van der Waals surface area contributed by atoms with Gasteiger partial charge in [0.15, 0.2) is 0 Å². The lowest BCUT2D eigenvalue weighted by atomic mass is 9.74. The van der Waals surface area contributed by atoms with Gasteiger partial charge in [0, 0.05) is 44.4 Å². The number of carboxylic acid groups (broad SMARTS) is 1. The number of ether oxygens (including phenoxy) is 1. The molecule has 2 aromatic carbocycles. The lowest BCUT2D eigenvalue weighted by Gasteiger charge is -2.27. The number of hydrogen-bond acceptors (Lipinski definition) is 4. The summed E-state index contributed by atoms with van der Waals surface area (Å²) in [6, 6.07) is 15.0. The van der Waals surface area contributed by atoms with Crippen molar-refractivity contribution in [2.45, 2.75) is 6.42 Å². The number of carboxylic acids is 1. The van der Waals surface area contributed by atoms with E-state index in [1.54, 1.807) is 17.0 Å². The van der Waals surface area contributed by atoms with Gasteiger partial charge in [-0.15, -0.1) is 0 Å². The van der Waals surface area contributed by atoms with Crippen LogP contribution in [0.1, 0.15) is 15.9 Å². The number of carbonyl (C=O) groups excluding carboxylic acids is 1. The molecule has 28 heavy (non-hydrogen) atoms. The van der Waals surface area contributed by atoms with Crippen LogP contribution in [0, 0.1) is 11.3 Å². The van der Waals surface area contributed by atoms with E-state index in [0.717, 1.165) is 17.0 Å². The van der Waals surface area contributed by atoms with E-state index in [1.165, 1.54) is 0 Å². The van der Waals surface area contributed by atoms with Gasteiger partial charge in [-0.1, -0.05) is 18.2 Å². The van der Waals surface area contributed by atoms with Crippen molar-refractivity contribution in [2.24, 2.45) is 11.3 Å². The summed E-state index contributed by atoms with van der Waals surface area (Å²) in [6.07, 6.45) is 0.368. The molecule has 2 aliphatic heterocycles. The number of carbonyl (C=O) groups is 2. The van der Waals surface area contributed by atoms with E-state index in [4.69, 9.17) is 4.74 Å². The molecule has 0 spiro atoms. The molecule has 6 heteroatoms. The van der Waals surface area contributed by atoms with Gasteiger partial charge in [0.05, 0.1) is 12.0 Å². The molecule has 1 N–H and O–H groups in total. The van der Waals surface area contributed by atoms with Crippen LogP contribution in [0.4, 0.5) is 5.69 Å². The van der Waals surface area contributed by atoms with Crippen LogP contribution in [0.3, 0.4) is 0 Å². The van der Waals surface area contributed by atoms with Gasteiger partial charge in [-0.2, -0.15) is 0 Å². The summed E-state index contributed by atoms with van der Waals surface area (Å²) in [5, 5.41) is 10.1. The highest BCUT2D eigenvalue weighted by Gasteiger charge is 2.55. The Morgan fingerprint density at radius 2 is 1.86 bits per heavy atom. The number of aliphatic carboxylic acids is 1. The van der Waals surface area contributed by atoms with Crippen molar-refractivity contribution in [2.75, 3.05) is 38.7 Å². The minimum Gasteiger partial charge on any atom is -0.493 e. The zero-order valence-electron chi connectivity index (χ0n) is 16.1. The molecule has 2 aliphatic rings. The standard InChI is InChI=1S/C22H24N2O4/c1-23(2)18-9-7-15(8-10-18)20(25)24-12-17-13-28-19-6-4-3-5-16(19)11-22(17,14-24)21(26)27/h3-10,17H,11-14H2,1-2H3,(H,26,27)/t17-,22+/m0/s1. The molecular weight excluding hydrogens is 356 g/mol. The van der Waals surface area contributed by atoms with E-state index in [-0.39, 0.29) is 18.4 Å². The van der Waals surface area contributed by atoms with Crippen LogP contribution in [-0.2, 0) is 11.2 Å². The van der Waals surface area contributed by atoms with Crippen molar-refractivity contribution >= 4 is 17.6 Å². The Kier molecular flexibility index (Phi) is 4.49. The maximum absolute atomic E-state index is 13.0. The number of amides is 1. The summed E-state index contributed by atoms with van der Waals surface area (Å²) in [6.45, 7) is 0.875. The number of hydrogen-bond donors (Lipinski definition) is 1. The highest BCUT2D eigenvalue weighted by molar-refractivity contribution is 5.95. The Hall–Kier alpha value is -3.02. The van der Waals surface area contributed by atoms with Gasteiger partial charge in [0.2, 0.25) is 0 Å². The van der Waals surface area contributed by atoms with Crippen LogP contribution in [0.15, 0.2) is 48.5 Å². The Morgan fingerprint density at radius 3 is 2.54 bits per heavy atom. The van der Waals surface area contributed by atoms with Crippen molar-refractivity contribution in [3.8, 4) is 5.75 Å². The minimum absolute atomic E-state index is 0.132. The first-order valence-electron chi connectivity index (χ1n) is 9.41. The van der Waals surface area contributed by atoms with E-state index >= 15 is 0 Å². The Morgan fingerprint density at radius 1 is 1.14 bits per heavy atom. The third kappa shape index (κ3) is 2.99. The van der Waals surface area contributed by atoms with Crippen molar-refractivity contribution < 1.29 is 19.4 Å². The van der Waals surface area contributed by atoms with Crippen molar-refractivity contribution in [1.29, 1.82) is 0 Å². The first kappa shape index (κ1) is 18.3. The summed E-state index contributed by atoms with van der Waals surface area (Å²) >= 11 is 0. The highest BCUT2D eigenvalue weighted by Crippen LogP contribution is 2.44. The average molecular weight is 380 g/mol. The van der Waals surface area contributed by atoms with E-state index in [2.05, 4.69) is 0 Å². The number of anilines is 1. The first-order chi connectivity index (χ1) is 13.4. The molecule has 1 saturated heterocycles. The SMILES string of the molecule is CN(C)c1ccc(C(=O)N2C[C@H]3COc4ccccc4C[C@@]3(C(=O)O)C2)cc1. The molecule has 0 saturated carbocycles. The second-order valence-electron chi connectivity index (χ2n) is 7.88. The van der Waals surface area contributed by atoms with Gasteiger partial charge in [-0.25, -0.2) is 0 Å². The molecule has 2 aromatic rings. The molecule has 6 nitrogen and oxygen atoms in total. The van der Waals surface area contributed by atoms with Gasteiger partial charge in [0.1, 0.15) is 5.75 Å². The number of rotatable bonds is 3. The number of benzene rings is 2. The number of para-hydroxylation sites is 1. The van der Waals surface area contributed by atoms with Crippen LogP contribution in [-0.4, -0.2) is 55.7 Å². The molecule has 1 amide bonds. The molecule has 0 bridgehead atoms. The first-order valence-corrected chi connectivity index (χ1v) is 9.41. The zero-order valence-corrected chi connectivity index (χ0v) is 16.1. The third-order valence-corrected chi connectivity index (χ3v) is 5.96. The monoisotopic (exact) mass is 380 g/mol. The van der Waals surface area contributed by atoms with Crippen molar-refractivity contribution in [3.05, 3.63) is 59.7 Å². The van der Waals surface area contributed by atoms with Gasteiger partial charge < -0.3 is 19.6 Å². The van der Waals surface area contributed by atoms with Crippen molar-refractivity contribution in [3.63, 3.8) is 0 Å². The average Bonchev–Trinajstić information content (AvgIpc) is 2.98. The number of nitrogens with zero attached hydrogens (tertiary/aromatic N) is 2. The summed E-state index contributed by atoms with van der Waals surface area (Å²) in [4.78, 5) is 29.0. The molecule has 0 aromatic heterocycles. The van der Waals surface area contributed by atoms with E-state index in [9.17, 15) is 14.7 Å². The third-order valence-electron chi connectivity index (χ3n) is 5.96. The smallest absolute Gasteiger partial charge is 0.312 e. The van der Waals surface area contributed by atoms with Gasteiger partial charge in [-0.3, -0.25) is 9.59 Å². The van der Waals surface area contributed by atoms with E-state index in [0.29, 0.717) is 25.1 Å². The van der Waals surface area contributed by atoms with Crippen LogP contribution in [0.5, 0.6) is 5.75 Å². The molecule has 2 atom stereocenters. The summed E-state index contributed by atoms with van der Waals surface area (Å²) in [5.74, 6) is -0.500. The largest absolute Gasteiger partial charge is 0.493 e. The van der Waals surface area contributed by atoms with Gasteiger partial charge >= 0.3 is 5.97 Å². The van der Waals surface area contributed by atoms with Crippen LogP contribution in [0.25, 0.3) is 0 Å². The summed E-state index contributed by atoms with van der Waals surface area (Å²) in [7, 11) is 3.89. The van der Waals surface area contributed by atoms with Crippen LogP contribution in [0.2, 0.25) is 0 Å². The van der Waals surface area contributed by atoms with Crippen LogP contribution >= 0.6 is 0 Å². The number of likely N-dealkylation sites (tertiary alicyclic amines) is 1.